The first kappa shape index (κ1) is 21.0. The molecule has 0 aliphatic rings. The summed E-state index contributed by atoms with van der Waals surface area (Å²) in [4.78, 5) is 8.10. The first-order valence-corrected chi connectivity index (χ1v) is 10.7. The van der Waals surface area contributed by atoms with Crippen molar-refractivity contribution in [2.45, 2.75) is 0 Å². The molecule has 0 bridgehead atoms. The van der Waals surface area contributed by atoms with Gasteiger partial charge in [0.2, 0.25) is 5.95 Å². The van der Waals surface area contributed by atoms with Gasteiger partial charge in [-0.1, -0.05) is 11.6 Å². The number of anilines is 2. The van der Waals surface area contributed by atoms with Crippen molar-refractivity contribution in [1.82, 2.24) is 9.97 Å². The Kier molecular flexibility index (Phi) is 6.02. The van der Waals surface area contributed by atoms with E-state index in [2.05, 4.69) is 15.3 Å². The summed E-state index contributed by atoms with van der Waals surface area (Å²) in [6.07, 6.45) is 2.39. The number of nitrogens with one attached hydrogen (secondary N) is 1. The first-order chi connectivity index (χ1) is 13.6. The Balaban J connectivity index is 2.01. The zero-order valence-corrected chi connectivity index (χ0v) is 17.0. The highest BCUT2D eigenvalue weighted by atomic mass is 35.5. The van der Waals surface area contributed by atoms with Gasteiger partial charge in [-0.3, -0.25) is 9.35 Å². The van der Waals surface area contributed by atoms with Crippen molar-refractivity contribution in [3.8, 4) is 17.0 Å². The molecule has 0 saturated heterocycles. The number of hydrogen-bond donors (Lipinski definition) is 2. The van der Waals surface area contributed by atoms with Crippen LogP contribution in [-0.4, -0.2) is 32.9 Å². The molecule has 2 aromatic carbocycles. The Morgan fingerprint density at radius 1 is 1.24 bits per heavy atom. The number of halogens is 3. The molecule has 1 heterocycles. The van der Waals surface area contributed by atoms with Crippen molar-refractivity contribution in [1.29, 1.82) is 0 Å². The summed E-state index contributed by atoms with van der Waals surface area (Å²) in [5.74, 6) is -1.01. The van der Waals surface area contributed by atoms with Crippen LogP contribution in [0.4, 0.5) is 20.4 Å². The van der Waals surface area contributed by atoms with Crippen molar-refractivity contribution >= 4 is 38.3 Å². The van der Waals surface area contributed by atoms with Crippen LogP contribution < -0.4 is 15.2 Å². The smallest absolute Gasteiger partial charge is 0.227 e. The van der Waals surface area contributed by atoms with Gasteiger partial charge < -0.3 is 10.1 Å². The molecule has 0 aliphatic carbocycles. The summed E-state index contributed by atoms with van der Waals surface area (Å²) in [6.45, 7) is 0. The van der Waals surface area contributed by atoms with Crippen molar-refractivity contribution in [2.75, 3.05) is 18.7 Å². The van der Waals surface area contributed by atoms with Gasteiger partial charge >= 0.3 is 0 Å². The minimum Gasteiger partial charge on any atom is -0.496 e. The largest absolute Gasteiger partial charge is 0.496 e. The van der Waals surface area contributed by atoms with Gasteiger partial charge in [-0.2, -0.15) is 0 Å². The van der Waals surface area contributed by atoms with Crippen LogP contribution in [0.1, 0.15) is 5.56 Å². The van der Waals surface area contributed by atoms with Crippen molar-refractivity contribution in [3.05, 3.63) is 64.8 Å². The van der Waals surface area contributed by atoms with Gasteiger partial charge in [0.25, 0.3) is 0 Å². The zero-order valence-electron chi connectivity index (χ0n) is 15.4. The van der Waals surface area contributed by atoms with E-state index in [4.69, 9.17) is 21.5 Å². The molecular formula is C19H17ClF2N4O2S. The second-order valence-corrected chi connectivity index (χ2v) is 8.82. The lowest BCUT2D eigenvalue weighted by atomic mass is 10.1. The predicted molar refractivity (Wildman–Crippen MR) is 112 cm³/mol. The summed E-state index contributed by atoms with van der Waals surface area (Å²) in [5.41, 5.74) is 1.23. The highest BCUT2D eigenvalue weighted by Crippen LogP contribution is 2.32. The molecule has 0 aliphatic heterocycles. The Labute approximate surface area is 171 Å². The summed E-state index contributed by atoms with van der Waals surface area (Å²) >= 11 is 6.11. The third-order valence-corrected chi connectivity index (χ3v) is 4.67. The van der Waals surface area contributed by atoms with E-state index < -0.39 is 21.3 Å². The fourth-order valence-corrected chi connectivity index (χ4v) is 3.55. The molecule has 0 spiro atoms. The molecule has 0 amide bonds. The molecule has 3 N–H and O–H groups in total. The van der Waals surface area contributed by atoms with E-state index in [0.29, 0.717) is 16.3 Å². The number of benzene rings is 2. The van der Waals surface area contributed by atoms with Gasteiger partial charge in [0, 0.05) is 43.7 Å². The van der Waals surface area contributed by atoms with Gasteiger partial charge in [-0.15, -0.1) is 0 Å². The normalized spacial score (nSPS) is 12.9. The van der Waals surface area contributed by atoms with Crippen LogP contribution in [0.15, 0.2) is 42.6 Å². The lowest BCUT2D eigenvalue weighted by molar-refractivity contribution is 0.412. The van der Waals surface area contributed by atoms with Crippen LogP contribution >= 0.6 is 11.6 Å². The van der Waals surface area contributed by atoms with Gasteiger partial charge in [0.05, 0.1) is 13.3 Å². The molecule has 0 fully saturated rings. The highest BCUT2D eigenvalue weighted by molar-refractivity contribution is 7.98. The number of rotatable bonds is 5. The average molecular weight is 439 g/mol. The van der Waals surface area contributed by atoms with Crippen LogP contribution in [0.5, 0.6) is 5.75 Å². The lowest BCUT2D eigenvalue weighted by Crippen LogP contribution is -2.13. The van der Waals surface area contributed by atoms with Gasteiger partial charge in [0.1, 0.15) is 17.3 Å². The Bertz CT molecular complexity index is 1190. The quantitative estimate of drug-likeness (QED) is 0.592. The third-order valence-electron chi connectivity index (χ3n) is 3.71. The van der Waals surface area contributed by atoms with E-state index >= 15 is 0 Å². The molecule has 29 heavy (non-hydrogen) atoms. The van der Waals surface area contributed by atoms with E-state index in [9.17, 15) is 13.0 Å². The molecule has 6 nitrogen and oxygen atoms in total. The maximum Gasteiger partial charge on any atom is 0.227 e. The van der Waals surface area contributed by atoms with Crippen LogP contribution in [0, 0.1) is 11.6 Å². The van der Waals surface area contributed by atoms with Crippen molar-refractivity contribution in [3.63, 3.8) is 0 Å². The molecule has 3 rings (SSSR count). The van der Waals surface area contributed by atoms with Crippen LogP contribution in [-0.2, 0) is 9.71 Å². The Morgan fingerprint density at radius 3 is 2.69 bits per heavy atom. The summed E-state index contributed by atoms with van der Waals surface area (Å²) in [6, 6.07) is 8.53. The van der Waals surface area contributed by atoms with Gasteiger partial charge in [-0.25, -0.2) is 18.7 Å². The monoisotopic (exact) mass is 438 g/mol. The average Bonchev–Trinajstić information content (AvgIpc) is 2.61. The second-order valence-electron chi connectivity index (χ2n) is 6.22. The molecule has 152 valence electrons. The Hall–Kier alpha value is -2.75. The van der Waals surface area contributed by atoms with E-state index in [0.717, 1.165) is 12.3 Å². The fourth-order valence-electron chi connectivity index (χ4n) is 2.63. The third kappa shape index (κ3) is 5.41. The van der Waals surface area contributed by atoms with Gasteiger partial charge in [-0.05, 0) is 35.9 Å². The summed E-state index contributed by atoms with van der Waals surface area (Å²) < 4.78 is 44.7. The molecule has 0 radical (unpaired) electrons. The molecule has 1 aromatic heterocycles. The number of methoxy groups -OCH3 is 1. The predicted octanol–water partition coefficient (Wildman–Crippen LogP) is 3.77. The topological polar surface area (TPSA) is 90.1 Å². The SMILES string of the molecule is COc1cc(F)ccc1-c1nc(Nc2cc(Cl)cc(C=S(C)(N)=O)c2)ncc1F. The minimum absolute atomic E-state index is 0.0632. The van der Waals surface area contributed by atoms with E-state index in [1.165, 1.54) is 30.9 Å². The van der Waals surface area contributed by atoms with Gasteiger partial charge in [0.15, 0.2) is 5.82 Å². The molecule has 0 saturated carbocycles. The number of hydrogen-bond acceptors (Lipinski definition) is 5. The van der Waals surface area contributed by atoms with E-state index in [-0.39, 0.29) is 23.0 Å². The lowest BCUT2D eigenvalue weighted by Gasteiger charge is -2.11. The summed E-state index contributed by atoms with van der Waals surface area (Å²) in [5, 5.41) is 10.2. The highest BCUT2D eigenvalue weighted by Gasteiger charge is 2.15. The second kappa shape index (κ2) is 8.32. The maximum atomic E-state index is 14.4. The minimum atomic E-state index is -2.63. The number of nitrogens with zero attached hydrogens (tertiary/aromatic N) is 2. The fraction of sp³-hybridized carbons (Fsp3) is 0.105. The standard InChI is InChI=1S/C19H17ClF2N4O2S/c1-28-17-8-13(21)3-4-15(17)18-16(22)9-24-19(26-18)25-14-6-11(5-12(20)7-14)10-29(2,23)27/h3-10H,1-2H3,(H2,23,27)(H,24,25,26). The molecule has 3 aromatic rings. The van der Waals surface area contributed by atoms with Crippen molar-refractivity contribution < 1.29 is 17.7 Å². The molecule has 10 heteroatoms. The molecular weight excluding hydrogens is 422 g/mol. The van der Waals surface area contributed by atoms with Crippen LogP contribution in [0.2, 0.25) is 5.02 Å². The van der Waals surface area contributed by atoms with Crippen LogP contribution in [0.3, 0.4) is 0 Å². The first-order valence-electron chi connectivity index (χ1n) is 8.20. The number of ether oxygens (including phenoxy) is 1. The van der Waals surface area contributed by atoms with E-state index in [1.54, 1.807) is 18.2 Å². The Morgan fingerprint density at radius 2 is 2.00 bits per heavy atom. The van der Waals surface area contributed by atoms with E-state index in [1.807, 2.05) is 0 Å². The number of aromatic nitrogens is 2. The molecule has 1 atom stereocenters. The molecule has 1 unspecified atom stereocenters. The maximum absolute atomic E-state index is 14.4. The van der Waals surface area contributed by atoms with Crippen molar-refractivity contribution in [2.24, 2.45) is 5.14 Å². The number of nitrogens with two attached hydrogens (primary N) is 1. The zero-order chi connectivity index (χ0) is 21.2. The summed E-state index contributed by atoms with van der Waals surface area (Å²) in [7, 11) is -1.28. The van der Waals surface area contributed by atoms with Crippen LogP contribution in [0.25, 0.3) is 11.3 Å².